The van der Waals surface area contributed by atoms with E-state index in [4.69, 9.17) is 4.74 Å². The van der Waals surface area contributed by atoms with Crippen molar-refractivity contribution in [2.75, 3.05) is 11.9 Å². The van der Waals surface area contributed by atoms with E-state index in [0.717, 1.165) is 18.6 Å². The number of amides is 2. The molecule has 0 fully saturated rings. The van der Waals surface area contributed by atoms with E-state index in [1.54, 1.807) is 36.4 Å². The molecule has 0 saturated carbocycles. The Morgan fingerprint density at radius 2 is 1.43 bits per heavy atom. The molecule has 0 spiro atoms. The van der Waals surface area contributed by atoms with Crippen LogP contribution in [0.5, 0.6) is 5.75 Å². The van der Waals surface area contributed by atoms with Crippen molar-refractivity contribution in [3.8, 4) is 5.75 Å². The largest absolute Gasteiger partial charge is 0.494 e. The van der Waals surface area contributed by atoms with Gasteiger partial charge in [-0.05, 0) is 68.3 Å². The predicted octanol–water partition coefficient (Wildman–Crippen LogP) is 5.82. The van der Waals surface area contributed by atoms with E-state index in [0.29, 0.717) is 23.4 Å². The van der Waals surface area contributed by atoms with E-state index in [1.165, 1.54) is 25.7 Å². The van der Waals surface area contributed by atoms with E-state index >= 15 is 0 Å². The van der Waals surface area contributed by atoms with Gasteiger partial charge in [0, 0.05) is 22.9 Å². The Balaban J connectivity index is 1.82. The molecule has 2 amide bonds. The third-order valence-corrected chi connectivity index (χ3v) is 5.03. The number of rotatable bonds is 12. The summed E-state index contributed by atoms with van der Waals surface area (Å²) in [4.78, 5) is 24.6. The SMILES string of the molecule is CCCCCCCOc1ccc(C(=O)Nc2ccc(C(=O)NC(C)CC)cc2)cc1. The van der Waals surface area contributed by atoms with Crippen LogP contribution < -0.4 is 15.4 Å². The zero-order valence-corrected chi connectivity index (χ0v) is 18.4. The maximum atomic E-state index is 12.5. The minimum absolute atomic E-state index is 0.108. The maximum absolute atomic E-state index is 12.5. The molecule has 1 atom stereocenters. The summed E-state index contributed by atoms with van der Waals surface area (Å²) in [6.45, 7) is 6.90. The minimum atomic E-state index is -0.196. The van der Waals surface area contributed by atoms with Crippen LogP contribution in [0.25, 0.3) is 0 Å². The van der Waals surface area contributed by atoms with Crippen molar-refractivity contribution in [1.29, 1.82) is 0 Å². The normalized spacial score (nSPS) is 11.6. The summed E-state index contributed by atoms with van der Waals surface area (Å²) in [5.74, 6) is 0.472. The van der Waals surface area contributed by atoms with Gasteiger partial charge in [-0.25, -0.2) is 0 Å². The molecule has 5 heteroatoms. The fourth-order valence-electron chi connectivity index (χ4n) is 2.92. The lowest BCUT2D eigenvalue weighted by Crippen LogP contribution is -2.31. The van der Waals surface area contributed by atoms with Gasteiger partial charge in [0.25, 0.3) is 11.8 Å². The number of nitrogens with one attached hydrogen (secondary N) is 2. The smallest absolute Gasteiger partial charge is 0.255 e. The first-order valence-electron chi connectivity index (χ1n) is 11.0. The van der Waals surface area contributed by atoms with Crippen molar-refractivity contribution < 1.29 is 14.3 Å². The number of anilines is 1. The highest BCUT2D eigenvalue weighted by Crippen LogP contribution is 2.16. The fraction of sp³-hybridized carbons (Fsp3) is 0.440. The summed E-state index contributed by atoms with van der Waals surface area (Å²) >= 11 is 0. The molecule has 2 N–H and O–H groups in total. The minimum Gasteiger partial charge on any atom is -0.494 e. The zero-order valence-electron chi connectivity index (χ0n) is 18.4. The molecule has 0 heterocycles. The lowest BCUT2D eigenvalue weighted by atomic mass is 10.1. The standard InChI is InChI=1S/C25H34N2O3/c1-4-6-7-8-9-18-30-23-16-12-21(13-17-23)25(29)27-22-14-10-20(11-15-22)24(28)26-19(3)5-2/h10-17,19H,4-9,18H2,1-3H3,(H,26,28)(H,27,29). The molecule has 2 rings (SSSR count). The van der Waals surface area contributed by atoms with E-state index in [-0.39, 0.29) is 17.9 Å². The molecule has 30 heavy (non-hydrogen) atoms. The Kier molecular flexibility index (Phi) is 9.92. The van der Waals surface area contributed by atoms with E-state index < -0.39 is 0 Å². The molecule has 0 radical (unpaired) electrons. The molecule has 2 aromatic rings. The Bertz CT molecular complexity index is 785. The van der Waals surface area contributed by atoms with E-state index in [1.807, 2.05) is 26.0 Å². The number of carbonyl (C=O) groups is 2. The highest BCUT2D eigenvalue weighted by molar-refractivity contribution is 6.04. The number of hydrogen-bond donors (Lipinski definition) is 2. The van der Waals surface area contributed by atoms with Crippen LogP contribution in [0.3, 0.4) is 0 Å². The topological polar surface area (TPSA) is 67.4 Å². The summed E-state index contributed by atoms with van der Waals surface area (Å²) in [6, 6.07) is 14.2. The molecular formula is C25H34N2O3. The molecule has 0 aliphatic heterocycles. The first-order valence-corrected chi connectivity index (χ1v) is 11.0. The van der Waals surface area contributed by atoms with Crippen molar-refractivity contribution in [3.05, 3.63) is 59.7 Å². The molecular weight excluding hydrogens is 376 g/mol. The summed E-state index contributed by atoms with van der Waals surface area (Å²) in [5.41, 5.74) is 1.78. The van der Waals surface area contributed by atoms with Crippen molar-refractivity contribution in [3.63, 3.8) is 0 Å². The maximum Gasteiger partial charge on any atom is 0.255 e. The third-order valence-electron chi connectivity index (χ3n) is 5.03. The number of ether oxygens (including phenoxy) is 1. The molecule has 0 bridgehead atoms. The second-order valence-electron chi connectivity index (χ2n) is 7.60. The van der Waals surface area contributed by atoms with Gasteiger partial charge in [0.2, 0.25) is 0 Å². The Morgan fingerprint density at radius 1 is 0.833 bits per heavy atom. The summed E-state index contributed by atoms with van der Waals surface area (Å²) in [7, 11) is 0. The van der Waals surface area contributed by atoms with Crippen LogP contribution in [0.4, 0.5) is 5.69 Å². The molecule has 0 aromatic heterocycles. The van der Waals surface area contributed by atoms with Gasteiger partial charge in [-0.2, -0.15) is 0 Å². The van der Waals surface area contributed by atoms with Crippen LogP contribution in [0.1, 0.15) is 80.0 Å². The van der Waals surface area contributed by atoms with Crippen molar-refractivity contribution in [2.24, 2.45) is 0 Å². The van der Waals surface area contributed by atoms with Crippen LogP contribution >= 0.6 is 0 Å². The van der Waals surface area contributed by atoms with Crippen LogP contribution in [0.15, 0.2) is 48.5 Å². The Labute approximate surface area is 180 Å². The second kappa shape index (κ2) is 12.7. The average Bonchev–Trinajstić information content (AvgIpc) is 2.76. The Hall–Kier alpha value is -2.82. The lowest BCUT2D eigenvalue weighted by Gasteiger charge is -2.12. The third kappa shape index (κ3) is 7.90. The molecule has 0 aliphatic carbocycles. The number of hydrogen-bond acceptors (Lipinski definition) is 3. The Morgan fingerprint density at radius 3 is 2.07 bits per heavy atom. The first kappa shape index (κ1) is 23.5. The van der Waals surface area contributed by atoms with Gasteiger partial charge in [-0.15, -0.1) is 0 Å². The molecule has 5 nitrogen and oxygen atoms in total. The van der Waals surface area contributed by atoms with Gasteiger partial charge in [-0.1, -0.05) is 39.5 Å². The first-order chi connectivity index (χ1) is 14.5. The fourth-order valence-corrected chi connectivity index (χ4v) is 2.92. The van der Waals surface area contributed by atoms with E-state index in [9.17, 15) is 9.59 Å². The van der Waals surface area contributed by atoms with Gasteiger partial charge in [0.05, 0.1) is 6.61 Å². The quantitative estimate of drug-likeness (QED) is 0.434. The molecule has 0 saturated heterocycles. The highest BCUT2D eigenvalue weighted by atomic mass is 16.5. The van der Waals surface area contributed by atoms with Gasteiger partial charge in [0.15, 0.2) is 0 Å². The van der Waals surface area contributed by atoms with Crippen LogP contribution in [0, 0.1) is 0 Å². The second-order valence-corrected chi connectivity index (χ2v) is 7.60. The van der Waals surface area contributed by atoms with Gasteiger partial charge >= 0.3 is 0 Å². The van der Waals surface area contributed by atoms with Gasteiger partial charge < -0.3 is 15.4 Å². The van der Waals surface area contributed by atoms with Crippen LogP contribution in [-0.2, 0) is 0 Å². The average molecular weight is 411 g/mol. The molecule has 2 aromatic carbocycles. The van der Waals surface area contributed by atoms with Crippen molar-refractivity contribution in [1.82, 2.24) is 5.32 Å². The molecule has 0 aliphatic rings. The number of unbranched alkanes of at least 4 members (excludes halogenated alkanes) is 4. The van der Waals surface area contributed by atoms with Crippen molar-refractivity contribution in [2.45, 2.75) is 65.3 Å². The predicted molar refractivity (Wildman–Crippen MR) is 122 cm³/mol. The summed E-state index contributed by atoms with van der Waals surface area (Å²) in [6.07, 6.45) is 6.88. The monoisotopic (exact) mass is 410 g/mol. The van der Waals surface area contributed by atoms with E-state index in [2.05, 4.69) is 17.6 Å². The van der Waals surface area contributed by atoms with Crippen molar-refractivity contribution >= 4 is 17.5 Å². The van der Waals surface area contributed by atoms with Crippen LogP contribution in [-0.4, -0.2) is 24.5 Å². The lowest BCUT2D eigenvalue weighted by molar-refractivity contribution is 0.0938. The highest BCUT2D eigenvalue weighted by Gasteiger charge is 2.10. The number of carbonyl (C=O) groups excluding carboxylic acids is 2. The molecule has 1 unspecified atom stereocenters. The summed E-state index contributed by atoms with van der Waals surface area (Å²) in [5, 5.41) is 5.78. The summed E-state index contributed by atoms with van der Waals surface area (Å²) < 4.78 is 5.74. The van der Waals surface area contributed by atoms with Gasteiger partial charge in [-0.3, -0.25) is 9.59 Å². The van der Waals surface area contributed by atoms with Gasteiger partial charge in [0.1, 0.15) is 5.75 Å². The zero-order chi connectivity index (χ0) is 21.8. The van der Waals surface area contributed by atoms with Crippen LogP contribution in [0.2, 0.25) is 0 Å². The number of benzene rings is 2. The molecule has 162 valence electrons.